The van der Waals surface area contributed by atoms with Crippen molar-refractivity contribution < 1.29 is 38.5 Å². The molecule has 0 atom stereocenters. The molecule has 0 saturated carbocycles. The van der Waals surface area contributed by atoms with Crippen LogP contribution >= 0.6 is 0 Å². The quantitative estimate of drug-likeness (QED) is 0.131. The van der Waals surface area contributed by atoms with Crippen molar-refractivity contribution >= 4 is 11.0 Å². The first-order valence-electron chi connectivity index (χ1n) is 27.3. The molecule has 1 N–H and O–H groups in total. The van der Waals surface area contributed by atoms with Gasteiger partial charge in [0.25, 0.3) is 0 Å². The second-order valence-electron chi connectivity index (χ2n) is 18.4. The first-order valence-corrected chi connectivity index (χ1v) is 22.8. The fourth-order valence-corrected chi connectivity index (χ4v) is 8.91. The summed E-state index contributed by atoms with van der Waals surface area (Å²) in [6, 6.07) is 54.6. The number of hydrogen-bond acceptors (Lipinski definition) is 3. The van der Waals surface area contributed by atoms with E-state index in [4.69, 9.17) is 22.3 Å². The zero-order valence-corrected chi connectivity index (χ0v) is 40.9. The summed E-state index contributed by atoms with van der Waals surface area (Å²) in [5, 5.41) is 12.4. The van der Waals surface area contributed by atoms with Gasteiger partial charge in [-0.3, -0.25) is 9.55 Å². The number of fused-ring (bicyclic) bond motifs is 1. The molecule has 0 aliphatic rings. The van der Waals surface area contributed by atoms with Crippen LogP contribution in [0.3, 0.4) is 0 Å². The van der Waals surface area contributed by atoms with E-state index in [0.29, 0.717) is 45.2 Å². The average molecular weight is 1070 g/mol. The molecule has 0 aliphatic heterocycles. The van der Waals surface area contributed by atoms with Crippen molar-refractivity contribution in [2.75, 3.05) is 0 Å². The van der Waals surface area contributed by atoms with Crippen LogP contribution in [0.2, 0.25) is 0 Å². The molecule has 9 aromatic rings. The van der Waals surface area contributed by atoms with Gasteiger partial charge in [0.2, 0.25) is 0 Å². The number of aromatic nitrogens is 3. The van der Waals surface area contributed by atoms with Crippen molar-refractivity contribution in [2.24, 2.45) is 5.92 Å². The predicted octanol–water partition coefficient (Wildman–Crippen LogP) is 16.7. The van der Waals surface area contributed by atoms with Gasteiger partial charge in [-0.1, -0.05) is 194 Å². The van der Waals surface area contributed by atoms with E-state index >= 15 is 0 Å². The minimum atomic E-state index is -3.38. The zero-order chi connectivity index (χ0) is 53.8. The van der Waals surface area contributed by atoms with Gasteiger partial charge in [0, 0.05) is 50.9 Å². The molecule has 0 amide bonds. The summed E-state index contributed by atoms with van der Waals surface area (Å²) < 4.78 is 76.2. The minimum Gasteiger partial charge on any atom is -0.507 e. The van der Waals surface area contributed by atoms with Crippen LogP contribution in [0.1, 0.15) is 109 Å². The number of rotatable bonds is 11. The van der Waals surface area contributed by atoms with E-state index in [1.807, 2.05) is 60.7 Å². The Morgan fingerprint density at radius 3 is 1.97 bits per heavy atom. The number of nitrogens with zero attached hydrogens (tertiary/aromatic N) is 3. The Labute approximate surface area is 424 Å². The molecule has 2 aromatic heterocycles. The third kappa shape index (κ3) is 9.74. The van der Waals surface area contributed by atoms with Crippen molar-refractivity contribution in [3.8, 4) is 78.6 Å². The Hall–Kier alpha value is -6.35. The maximum Gasteiger partial charge on any atom is 0.148 e. The molecule has 0 bridgehead atoms. The molecule has 5 heteroatoms. The summed E-state index contributed by atoms with van der Waals surface area (Å²) in [6.45, 7) is 2.83. The molecule has 0 unspecified atom stereocenters. The fourth-order valence-electron chi connectivity index (χ4n) is 8.91. The monoisotopic (exact) mass is 1070 g/mol. The van der Waals surface area contributed by atoms with Crippen LogP contribution in [-0.4, -0.2) is 19.6 Å². The van der Waals surface area contributed by atoms with Gasteiger partial charge in [-0.2, -0.15) is 0 Å². The molecule has 0 spiro atoms. The molecule has 67 heavy (non-hydrogen) atoms. The van der Waals surface area contributed by atoms with Gasteiger partial charge in [0.1, 0.15) is 11.6 Å². The number of phenols is 1. The van der Waals surface area contributed by atoms with Gasteiger partial charge >= 0.3 is 0 Å². The fraction of sp³-hybridized carbons (Fsp3) is 0.226. The number of pyridine rings is 1. The van der Waals surface area contributed by atoms with Crippen LogP contribution in [-0.2, 0) is 32.9 Å². The second-order valence-corrected chi connectivity index (χ2v) is 18.4. The van der Waals surface area contributed by atoms with Gasteiger partial charge in [-0.15, -0.1) is 23.8 Å². The van der Waals surface area contributed by atoms with Crippen molar-refractivity contribution in [2.45, 2.75) is 85.8 Å². The topological polar surface area (TPSA) is 50.9 Å². The summed E-state index contributed by atoms with van der Waals surface area (Å²) in [6.07, 6.45) is 2.57. The summed E-state index contributed by atoms with van der Waals surface area (Å²) in [5.74, 6) is 1.45. The van der Waals surface area contributed by atoms with Crippen molar-refractivity contribution in [3.63, 3.8) is 0 Å². The SMILES string of the molecule is [2H]C([2H])([2H])C(c1ccc(-c2ccnc(-c3[c-]c(-c4cccc5c4nc(-c4cc(C(C)C)cc(C(C)C)c4O)n5-c4ccc(CC(C)C)cc4-c4ccccc4)cc(-c4ccccc4)c3)c2)cc1)(C([2H])([2H])[2H])C([2H])([2H])[2H].[Pt]. The molecular formula is C62H60N3OPt-. The normalized spacial score (nSPS) is 14.3. The number of phenolic OH excluding ortho intramolecular Hbond substituents is 1. The minimum absolute atomic E-state index is 0. The van der Waals surface area contributed by atoms with Gasteiger partial charge in [0.05, 0.1) is 22.3 Å². The second kappa shape index (κ2) is 19.5. The third-order valence-electron chi connectivity index (χ3n) is 12.4. The van der Waals surface area contributed by atoms with Crippen molar-refractivity contribution in [1.82, 2.24) is 14.5 Å². The molecule has 0 aliphatic carbocycles. The number of imidazole rings is 1. The number of para-hydroxylation sites is 1. The summed E-state index contributed by atoms with van der Waals surface area (Å²) in [5.41, 5.74) is 10.8. The van der Waals surface area contributed by atoms with Crippen LogP contribution in [0.4, 0.5) is 0 Å². The Morgan fingerprint density at radius 1 is 0.612 bits per heavy atom. The Kier molecular flexibility index (Phi) is 10.7. The van der Waals surface area contributed by atoms with Gasteiger partial charge in [-0.05, 0) is 104 Å². The molecule has 0 fully saturated rings. The standard InChI is InChI=1S/C62H60N3O.Pt/c1-39(2)31-42-23-28-57(54(32-42)45-19-14-11-15-20-45)65-58-22-16-21-52(59(58)64-61(65)55-37-47(40(3)4)36-53(41(5)6)60(55)66)49-33-48(43-17-12-10-13-18-43)34-50(35-49)56-38-46(29-30-63-56)44-24-26-51(27-25-44)62(7,8)9;/h10-30,32-34,36-41,66H,31H2,1-9H3;/q-1;/i7D3,8D3,9D3;. The Balaban J connectivity index is 0.00000765. The molecule has 4 nitrogen and oxygen atoms in total. The van der Waals surface area contributed by atoms with Crippen LogP contribution in [0.25, 0.3) is 83.9 Å². The van der Waals surface area contributed by atoms with Crippen molar-refractivity contribution in [1.29, 1.82) is 0 Å². The zero-order valence-electron chi connectivity index (χ0n) is 47.6. The van der Waals surface area contributed by atoms with Crippen LogP contribution < -0.4 is 0 Å². The van der Waals surface area contributed by atoms with E-state index < -0.39 is 26.0 Å². The molecule has 0 saturated heterocycles. The van der Waals surface area contributed by atoms with Gasteiger partial charge < -0.3 is 5.11 Å². The molecule has 2 heterocycles. The Morgan fingerprint density at radius 2 is 1.30 bits per heavy atom. The van der Waals surface area contributed by atoms with Crippen LogP contribution in [0.15, 0.2) is 164 Å². The van der Waals surface area contributed by atoms with E-state index in [2.05, 4.69) is 119 Å². The Bertz CT molecular complexity index is 3490. The number of benzene rings is 7. The first kappa shape index (κ1) is 36.7. The van der Waals surface area contributed by atoms with E-state index in [9.17, 15) is 5.11 Å². The number of hydrogen-bond donors (Lipinski definition) is 1. The maximum absolute atomic E-state index is 12.4. The maximum atomic E-state index is 12.4. The largest absolute Gasteiger partial charge is 0.507 e. The van der Waals surface area contributed by atoms with E-state index in [-0.39, 0.29) is 44.2 Å². The number of aromatic hydroxyl groups is 1. The molecule has 340 valence electrons. The molecule has 0 radical (unpaired) electrons. The molecule has 9 rings (SSSR count). The third-order valence-corrected chi connectivity index (χ3v) is 12.4. The summed E-state index contributed by atoms with van der Waals surface area (Å²) in [7, 11) is 0. The van der Waals surface area contributed by atoms with Crippen LogP contribution in [0.5, 0.6) is 5.75 Å². The molecule has 7 aromatic carbocycles. The van der Waals surface area contributed by atoms with Gasteiger partial charge in [-0.25, -0.2) is 4.98 Å². The smallest absolute Gasteiger partial charge is 0.148 e. The predicted molar refractivity (Wildman–Crippen MR) is 277 cm³/mol. The average Bonchev–Trinajstić information content (AvgIpc) is 3.76. The van der Waals surface area contributed by atoms with E-state index in [1.54, 1.807) is 24.4 Å². The van der Waals surface area contributed by atoms with Gasteiger partial charge in [0.15, 0.2) is 0 Å². The van der Waals surface area contributed by atoms with E-state index in [0.717, 1.165) is 62.1 Å². The van der Waals surface area contributed by atoms with Crippen molar-refractivity contribution in [3.05, 3.63) is 192 Å². The molecular weight excluding hydrogens is 998 g/mol. The summed E-state index contributed by atoms with van der Waals surface area (Å²) >= 11 is 0. The summed E-state index contributed by atoms with van der Waals surface area (Å²) in [4.78, 5) is 10.4. The first-order chi connectivity index (χ1) is 35.5. The van der Waals surface area contributed by atoms with E-state index in [1.165, 1.54) is 17.7 Å². The van der Waals surface area contributed by atoms with Crippen LogP contribution in [0, 0.1) is 12.0 Å².